The zero-order valence-corrected chi connectivity index (χ0v) is 6.79. The number of hydrogen-bond acceptors (Lipinski definition) is 3. The predicted molar refractivity (Wildman–Crippen MR) is 41.7 cm³/mol. The Kier molecular flexibility index (Phi) is 4.23. The van der Waals surface area contributed by atoms with Crippen molar-refractivity contribution in [2.45, 2.75) is 25.9 Å². The minimum absolute atomic E-state index is 0.0580. The summed E-state index contributed by atoms with van der Waals surface area (Å²) >= 11 is 0. The molecule has 0 radical (unpaired) electrons. The molecule has 3 unspecified atom stereocenters. The molecule has 10 heavy (non-hydrogen) atoms. The second-order valence-electron chi connectivity index (χ2n) is 2.67. The third-order valence-electron chi connectivity index (χ3n) is 1.88. The Morgan fingerprint density at radius 3 is 2.10 bits per heavy atom. The van der Waals surface area contributed by atoms with Crippen molar-refractivity contribution in [2.75, 3.05) is 7.05 Å². The van der Waals surface area contributed by atoms with Crippen LogP contribution in [-0.4, -0.2) is 25.4 Å². The van der Waals surface area contributed by atoms with Crippen molar-refractivity contribution >= 4 is 6.29 Å². The molecule has 3 N–H and O–H groups in total. The molecule has 0 aliphatic heterocycles. The van der Waals surface area contributed by atoms with Gasteiger partial charge < -0.3 is 15.8 Å². The molecule has 0 amide bonds. The number of rotatable bonds is 4. The lowest BCUT2D eigenvalue weighted by atomic mass is 9.97. The van der Waals surface area contributed by atoms with Gasteiger partial charge in [-0.1, -0.05) is 6.92 Å². The molecule has 0 saturated carbocycles. The van der Waals surface area contributed by atoms with Crippen molar-refractivity contribution in [2.24, 2.45) is 11.7 Å². The lowest BCUT2D eigenvalue weighted by Gasteiger charge is -2.21. The largest absolute Gasteiger partial charge is 0.328 e. The topological polar surface area (TPSA) is 55.1 Å². The Morgan fingerprint density at radius 2 is 2.00 bits per heavy atom. The van der Waals surface area contributed by atoms with Crippen molar-refractivity contribution in [1.29, 1.82) is 0 Å². The van der Waals surface area contributed by atoms with Gasteiger partial charge in [-0.3, -0.25) is 0 Å². The first-order valence-electron chi connectivity index (χ1n) is 3.51. The third kappa shape index (κ3) is 2.45. The van der Waals surface area contributed by atoms with Gasteiger partial charge in [0.05, 0.1) is 6.04 Å². The predicted octanol–water partition coefficient (Wildman–Crippen LogP) is -0.243. The highest BCUT2D eigenvalue weighted by Crippen LogP contribution is 2.03. The van der Waals surface area contributed by atoms with Crippen molar-refractivity contribution in [1.82, 2.24) is 5.32 Å². The molecule has 0 spiro atoms. The van der Waals surface area contributed by atoms with Crippen LogP contribution in [0.25, 0.3) is 0 Å². The average Bonchev–Trinajstić information content (AvgIpc) is 1.90. The highest BCUT2D eigenvalue weighted by Gasteiger charge is 2.17. The molecule has 0 fully saturated rings. The van der Waals surface area contributed by atoms with Gasteiger partial charge in [-0.05, 0) is 19.9 Å². The van der Waals surface area contributed by atoms with Crippen LogP contribution >= 0.6 is 0 Å². The van der Waals surface area contributed by atoms with Crippen molar-refractivity contribution in [3.8, 4) is 0 Å². The monoisotopic (exact) mass is 144 g/mol. The molecular formula is C7H16N2O. The van der Waals surface area contributed by atoms with Gasteiger partial charge >= 0.3 is 0 Å². The zero-order valence-electron chi connectivity index (χ0n) is 6.79. The summed E-state index contributed by atoms with van der Waals surface area (Å²) in [6.45, 7) is 3.86. The third-order valence-corrected chi connectivity index (χ3v) is 1.88. The first kappa shape index (κ1) is 9.59. The van der Waals surface area contributed by atoms with Crippen molar-refractivity contribution < 1.29 is 4.79 Å². The summed E-state index contributed by atoms with van der Waals surface area (Å²) in [7, 11) is 1.76. The van der Waals surface area contributed by atoms with E-state index in [1.54, 1.807) is 7.05 Å². The Morgan fingerprint density at radius 1 is 1.50 bits per heavy atom. The summed E-state index contributed by atoms with van der Waals surface area (Å²) in [6, 6.07) is -0.0531. The maximum Gasteiger partial charge on any atom is 0.137 e. The Labute approximate surface area is 62.0 Å². The molecule has 0 aromatic rings. The molecule has 0 bridgehead atoms. The van der Waals surface area contributed by atoms with Crippen LogP contribution in [0.15, 0.2) is 0 Å². The summed E-state index contributed by atoms with van der Waals surface area (Å²) in [6.07, 6.45) is 0.897. The summed E-state index contributed by atoms with van der Waals surface area (Å²) in [5.74, 6) is 0.197. The second kappa shape index (κ2) is 4.41. The minimum atomic E-state index is -0.111. The summed E-state index contributed by atoms with van der Waals surface area (Å²) in [4.78, 5) is 10.4. The van der Waals surface area contributed by atoms with Gasteiger partial charge in [-0.25, -0.2) is 0 Å². The van der Waals surface area contributed by atoms with Crippen molar-refractivity contribution in [3.05, 3.63) is 0 Å². The first-order valence-corrected chi connectivity index (χ1v) is 3.51. The van der Waals surface area contributed by atoms with Crippen LogP contribution in [0.4, 0.5) is 0 Å². The minimum Gasteiger partial charge on any atom is -0.328 e. The van der Waals surface area contributed by atoms with Gasteiger partial charge in [-0.2, -0.15) is 0 Å². The van der Waals surface area contributed by atoms with Crippen LogP contribution in [0.1, 0.15) is 13.8 Å². The van der Waals surface area contributed by atoms with E-state index in [0.717, 1.165) is 6.29 Å². The van der Waals surface area contributed by atoms with Gasteiger partial charge in [0.2, 0.25) is 0 Å². The molecule has 0 aliphatic rings. The Balaban J connectivity index is 3.87. The smallest absolute Gasteiger partial charge is 0.137 e. The van der Waals surface area contributed by atoms with Crippen LogP contribution in [-0.2, 0) is 4.79 Å². The fraction of sp³-hybridized carbons (Fsp3) is 0.857. The molecular weight excluding hydrogens is 128 g/mol. The Hall–Kier alpha value is -0.410. The van der Waals surface area contributed by atoms with E-state index < -0.39 is 0 Å². The van der Waals surface area contributed by atoms with E-state index in [1.807, 2.05) is 13.8 Å². The van der Waals surface area contributed by atoms with Gasteiger partial charge in [0.25, 0.3) is 0 Å². The fourth-order valence-electron chi connectivity index (χ4n) is 0.782. The quantitative estimate of drug-likeness (QED) is 0.535. The van der Waals surface area contributed by atoms with Gasteiger partial charge in [-0.15, -0.1) is 0 Å². The zero-order chi connectivity index (χ0) is 8.15. The van der Waals surface area contributed by atoms with E-state index in [4.69, 9.17) is 5.73 Å². The van der Waals surface area contributed by atoms with Gasteiger partial charge in [0.1, 0.15) is 6.29 Å². The highest BCUT2D eigenvalue weighted by molar-refractivity contribution is 5.58. The lowest BCUT2D eigenvalue weighted by molar-refractivity contribution is -0.110. The van der Waals surface area contributed by atoms with Crippen LogP contribution in [0, 0.1) is 5.92 Å². The standard InChI is InChI=1S/C7H16N2O/c1-5(6(2)8)7(4-10)9-3/h4-7,9H,8H2,1-3H3. The number of carbonyl (C=O) groups excluding carboxylic acids is 1. The average molecular weight is 144 g/mol. The molecule has 0 aromatic carbocycles. The molecule has 3 nitrogen and oxygen atoms in total. The number of nitrogens with two attached hydrogens (primary N) is 1. The molecule has 3 atom stereocenters. The molecule has 0 aliphatic carbocycles. The number of nitrogens with one attached hydrogen (secondary N) is 1. The molecule has 0 heterocycles. The molecule has 0 aromatic heterocycles. The van der Waals surface area contributed by atoms with E-state index >= 15 is 0 Å². The highest BCUT2D eigenvalue weighted by atomic mass is 16.1. The number of likely N-dealkylation sites (N-methyl/N-ethyl adjacent to an activating group) is 1. The number of aldehydes is 1. The number of hydrogen-bond donors (Lipinski definition) is 2. The summed E-state index contributed by atoms with van der Waals surface area (Å²) in [5.41, 5.74) is 5.59. The molecule has 3 heteroatoms. The van der Waals surface area contributed by atoms with E-state index in [2.05, 4.69) is 5.32 Å². The van der Waals surface area contributed by atoms with Crippen LogP contribution < -0.4 is 11.1 Å². The second-order valence-corrected chi connectivity index (χ2v) is 2.67. The first-order chi connectivity index (χ1) is 4.63. The lowest BCUT2D eigenvalue weighted by Crippen LogP contribution is -2.42. The van der Waals surface area contributed by atoms with E-state index in [1.165, 1.54) is 0 Å². The Bertz CT molecular complexity index is 104. The van der Waals surface area contributed by atoms with Crippen molar-refractivity contribution in [3.63, 3.8) is 0 Å². The van der Waals surface area contributed by atoms with Gasteiger partial charge in [0, 0.05) is 6.04 Å². The molecule has 60 valence electrons. The molecule has 0 saturated heterocycles. The van der Waals surface area contributed by atoms with E-state index in [-0.39, 0.29) is 18.0 Å². The summed E-state index contributed by atoms with van der Waals surface area (Å²) in [5, 5.41) is 2.88. The normalized spacial score (nSPS) is 19.6. The maximum atomic E-state index is 10.4. The fourth-order valence-corrected chi connectivity index (χ4v) is 0.782. The van der Waals surface area contributed by atoms with Crippen LogP contribution in [0.5, 0.6) is 0 Å². The van der Waals surface area contributed by atoms with Crippen LogP contribution in [0.2, 0.25) is 0 Å². The van der Waals surface area contributed by atoms with Gasteiger partial charge in [0.15, 0.2) is 0 Å². The maximum absolute atomic E-state index is 10.4. The number of carbonyl (C=O) groups is 1. The molecule has 0 rings (SSSR count). The van der Waals surface area contributed by atoms with Crippen LogP contribution in [0.3, 0.4) is 0 Å². The SMILES string of the molecule is CNC(C=O)C(C)C(C)N. The summed E-state index contributed by atoms with van der Waals surface area (Å²) < 4.78 is 0. The van der Waals surface area contributed by atoms with E-state index in [9.17, 15) is 4.79 Å². The van der Waals surface area contributed by atoms with E-state index in [0.29, 0.717) is 0 Å².